The van der Waals surface area contributed by atoms with Crippen molar-refractivity contribution >= 4 is 53.3 Å². The normalized spacial score (nSPS) is 13.8. The number of guanidine groups is 1. The Balaban J connectivity index is 5.46. The molecule has 16 nitrogen and oxygen atoms in total. The number of carboxylic acid groups (broad SMARTS) is 2. The first-order valence-electron chi connectivity index (χ1n) is 11.2. The summed E-state index contributed by atoms with van der Waals surface area (Å²) < 4.78 is 0. The summed E-state index contributed by atoms with van der Waals surface area (Å²) in [6.07, 6.45) is 1.04. The second-order valence-electron chi connectivity index (χ2n) is 7.96. The van der Waals surface area contributed by atoms with Gasteiger partial charge < -0.3 is 49.1 Å². The third kappa shape index (κ3) is 15.2. The molecule has 13 N–H and O–H groups in total. The third-order valence-corrected chi connectivity index (χ3v) is 5.50. The highest BCUT2D eigenvalue weighted by Crippen LogP contribution is 2.06. The van der Waals surface area contributed by atoms with Crippen molar-refractivity contribution in [3.05, 3.63) is 0 Å². The summed E-state index contributed by atoms with van der Waals surface area (Å²) in [7, 11) is 0. The lowest BCUT2D eigenvalue weighted by molar-refractivity contribution is -0.147. The number of aliphatic imine (C=N–C) groups is 1. The van der Waals surface area contributed by atoms with Gasteiger partial charge in [0.15, 0.2) is 5.96 Å². The summed E-state index contributed by atoms with van der Waals surface area (Å²) in [5, 5.41) is 25.0. The van der Waals surface area contributed by atoms with Gasteiger partial charge in [-0.1, -0.05) is 0 Å². The molecule has 0 saturated heterocycles. The van der Waals surface area contributed by atoms with Gasteiger partial charge in [-0.3, -0.25) is 29.0 Å². The van der Waals surface area contributed by atoms with E-state index in [1.54, 1.807) is 6.26 Å². The summed E-state index contributed by atoms with van der Waals surface area (Å²) in [6.45, 7) is 0.259. The molecule has 17 heteroatoms. The van der Waals surface area contributed by atoms with Crippen LogP contribution in [-0.2, 0) is 28.8 Å². The fourth-order valence-corrected chi connectivity index (χ4v) is 3.38. The third-order valence-electron chi connectivity index (χ3n) is 4.85. The monoisotopic (exact) mass is 548 g/mol. The van der Waals surface area contributed by atoms with Gasteiger partial charge in [-0.2, -0.15) is 11.8 Å². The Morgan fingerprint density at radius 2 is 1.38 bits per heavy atom. The number of aliphatic carboxylic acids is 2. The summed E-state index contributed by atoms with van der Waals surface area (Å²) in [5.41, 5.74) is 21.5. The van der Waals surface area contributed by atoms with E-state index in [1.165, 1.54) is 11.8 Å². The average molecular weight is 549 g/mol. The summed E-state index contributed by atoms with van der Waals surface area (Å²) in [4.78, 5) is 75.4. The van der Waals surface area contributed by atoms with Crippen molar-refractivity contribution in [2.45, 2.75) is 62.7 Å². The molecule has 0 spiro atoms. The van der Waals surface area contributed by atoms with E-state index in [4.69, 9.17) is 28.0 Å². The quantitative estimate of drug-likeness (QED) is 0.0429. The fourth-order valence-electron chi connectivity index (χ4n) is 2.91. The van der Waals surface area contributed by atoms with Crippen LogP contribution in [0.2, 0.25) is 0 Å². The molecule has 0 aliphatic heterocycles. The van der Waals surface area contributed by atoms with E-state index >= 15 is 0 Å². The maximum absolute atomic E-state index is 13.0. The van der Waals surface area contributed by atoms with Crippen LogP contribution >= 0.6 is 11.8 Å². The molecular formula is C20H36N8O8S. The van der Waals surface area contributed by atoms with Crippen LogP contribution in [0.25, 0.3) is 0 Å². The second-order valence-corrected chi connectivity index (χ2v) is 8.95. The van der Waals surface area contributed by atoms with Crippen LogP contribution in [0.15, 0.2) is 4.99 Å². The van der Waals surface area contributed by atoms with Crippen LogP contribution in [0.5, 0.6) is 0 Å². The van der Waals surface area contributed by atoms with Gasteiger partial charge >= 0.3 is 11.9 Å². The highest BCUT2D eigenvalue weighted by molar-refractivity contribution is 7.98. The van der Waals surface area contributed by atoms with Gasteiger partial charge in [0.05, 0.1) is 12.5 Å². The lowest BCUT2D eigenvalue weighted by Crippen LogP contribution is -2.57. The summed E-state index contributed by atoms with van der Waals surface area (Å²) >= 11 is 1.40. The highest BCUT2D eigenvalue weighted by atomic mass is 32.2. The number of carboxylic acids is 2. The van der Waals surface area contributed by atoms with E-state index in [-0.39, 0.29) is 38.2 Å². The Labute approximate surface area is 217 Å². The zero-order valence-corrected chi connectivity index (χ0v) is 21.3. The lowest BCUT2D eigenvalue weighted by atomic mass is 10.1. The summed E-state index contributed by atoms with van der Waals surface area (Å²) in [5.74, 6) is -5.95. The van der Waals surface area contributed by atoms with Crippen LogP contribution < -0.4 is 38.9 Å². The minimum absolute atomic E-state index is 0.0978. The maximum atomic E-state index is 13.0. The molecule has 0 aromatic heterocycles. The maximum Gasteiger partial charge on any atom is 0.326 e. The van der Waals surface area contributed by atoms with Crippen molar-refractivity contribution in [1.29, 1.82) is 0 Å². The number of hydrogen-bond donors (Lipinski definition) is 9. The SMILES string of the molecule is CSCCC(NC(=O)C(N)CCCN=C(N)N)C(=O)NC(CCC(N)=O)C(=O)NC(CC(=O)O)C(=O)O. The molecule has 0 aromatic rings. The Kier molecular flexibility index (Phi) is 16.0. The number of amides is 4. The van der Waals surface area contributed by atoms with E-state index in [0.29, 0.717) is 12.2 Å². The predicted molar refractivity (Wildman–Crippen MR) is 135 cm³/mol. The molecule has 0 heterocycles. The number of carbonyl (C=O) groups is 6. The first-order valence-corrected chi connectivity index (χ1v) is 12.6. The van der Waals surface area contributed by atoms with E-state index in [1.807, 2.05) is 5.32 Å². The van der Waals surface area contributed by atoms with Crippen molar-refractivity contribution < 1.29 is 39.0 Å². The number of nitrogens with zero attached hydrogens (tertiary/aromatic N) is 1. The zero-order chi connectivity index (χ0) is 28.5. The van der Waals surface area contributed by atoms with Crippen LogP contribution in [0.1, 0.15) is 38.5 Å². The number of hydrogen-bond acceptors (Lipinski definition) is 9. The molecule has 0 fully saturated rings. The first kappa shape index (κ1) is 33.4. The second kappa shape index (κ2) is 17.8. The predicted octanol–water partition coefficient (Wildman–Crippen LogP) is -3.60. The van der Waals surface area contributed by atoms with Crippen molar-refractivity contribution in [2.75, 3.05) is 18.6 Å². The molecule has 0 aromatic carbocycles. The number of nitrogens with one attached hydrogen (secondary N) is 3. The van der Waals surface area contributed by atoms with Gasteiger partial charge in [-0.15, -0.1) is 0 Å². The molecule has 0 radical (unpaired) electrons. The topological polar surface area (TPSA) is 295 Å². The molecule has 37 heavy (non-hydrogen) atoms. The highest BCUT2D eigenvalue weighted by Gasteiger charge is 2.31. The molecule has 4 atom stereocenters. The standard InChI is InChI=1S/C20H36N8O8S/c1-37-8-6-12(26-16(32)10(21)3-2-7-25-20(23)24)18(34)27-11(4-5-14(22)29)17(33)28-13(19(35)36)9-15(30)31/h10-13H,2-9,21H2,1H3,(H2,22,29)(H,26,32)(H,27,34)(H,28,33)(H,30,31)(H,35,36)(H4,23,24,25). The van der Waals surface area contributed by atoms with E-state index < -0.39 is 66.2 Å². The van der Waals surface area contributed by atoms with Gasteiger partial charge in [0.2, 0.25) is 23.6 Å². The number of nitrogens with two attached hydrogens (primary N) is 4. The zero-order valence-electron chi connectivity index (χ0n) is 20.5. The van der Waals surface area contributed by atoms with E-state index in [2.05, 4.69) is 15.6 Å². The number of thioether (sulfide) groups is 1. The van der Waals surface area contributed by atoms with Crippen LogP contribution in [0.4, 0.5) is 0 Å². The van der Waals surface area contributed by atoms with E-state index in [0.717, 1.165) is 0 Å². The van der Waals surface area contributed by atoms with Crippen molar-refractivity contribution in [2.24, 2.45) is 27.9 Å². The molecular weight excluding hydrogens is 512 g/mol. The Bertz CT molecular complexity index is 852. The minimum atomic E-state index is -1.78. The molecule has 0 bridgehead atoms. The first-order chi connectivity index (χ1) is 17.3. The molecule has 4 unspecified atom stereocenters. The van der Waals surface area contributed by atoms with Crippen molar-refractivity contribution in [3.8, 4) is 0 Å². The molecule has 0 saturated carbocycles. The van der Waals surface area contributed by atoms with Crippen LogP contribution in [0, 0.1) is 0 Å². The van der Waals surface area contributed by atoms with Crippen molar-refractivity contribution in [1.82, 2.24) is 16.0 Å². The molecule has 0 aliphatic rings. The number of carbonyl (C=O) groups excluding carboxylic acids is 4. The molecule has 4 amide bonds. The number of primary amides is 1. The average Bonchev–Trinajstić information content (AvgIpc) is 2.80. The summed E-state index contributed by atoms with van der Waals surface area (Å²) in [6, 6.07) is -5.29. The van der Waals surface area contributed by atoms with Gasteiger partial charge in [0.1, 0.15) is 18.1 Å². The Morgan fingerprint density at radius 1 is 0.838 bits per heavy atom. The van der Waals surface area contributed by atoms with Crippen molar-refractivity contribution in [3.63, 3.8) is 0 Å². The van der Waals surface area contributed by atoms with Gasteiger partial charge in [0, 0.05) is 13.0 Å². The van der Waals surface area contributed by atoms with E-state index in [9.17, 15) is 33.9 Å². The molecule has 210 valence electrons. The van der Waals surface area contributed by atoms with Gasteiger partial charge in [0.25, 0.3) is 0 Å². The van der Waals surface area contributed by atoms with Crippen LogP contribution in [0.3, 0.4) is 0 Å². The Hall–Kier alpha value is -3.60. The minimum Gasteiger partial charge on any atom is -0.481 e. The molecule has 0 aliphatic carbocycles. The Morgan fingerprint density at radius 3 is 1.86 bits per heavy atom. The fraction of sp³-hybridized carbons (Fsp3) is 0.650. The largest absolute Gasteiger partial charge is 0.481 e. The van der Waals surface area contributed by atoms with Gasteiger partial charge in [-0.05, 0) is 37.7 Å². The van der Waals surface area contributed by atoms with Gasteiger partial charge in [-0.25, -0.2) is 4.79 Å². The number of rotatable bonds is 19. The molecule has 0 rings (SSSR count). The smallest absolute Gasteiger partial charge is 0.326 e. The van der Waals surface area contributed by atoms with Crippen LogP contribution in [-0.4, -0.2) is 94.5 Å². The lowest BCUT2D eigenvalue weighted by Gasteiger charge is -2.25.